The molecule has 0 aromatic rings. The normalized spacial score (nSPS) is 17.9. The van der Waals surface area contributed by atoms with Gasteiger partial charge in [-0.2, -0.15) is 0 Å². The van der Waals surface area contributed by atoms with Crippen LogP contribution in [0.15, 0.2) is 0 Å². The molecule has 0 rings (SSSR count). The number of aliphatic hydroxyl groups excluding tert-OH is 4. The second-order valence-electron chi connectivity index (χ2n) is 2.52. The molecule has 78 valence electrons. The standard InChI is InChI=1S/C7H14O6/c1-13-7(5(11)3-9)6(12)4(10)2-8/h5-9,11-12H,2-3H2,1H3/t5-,6-,7-/m1/s1. The molecule has 6 heteroatoms. The van der Waals surface area contributed by atoms with Gasteiger partial charge in [0.25, 0.3) is 0 Å². The molecule has 0 spiro atoms. The number of hydrogen-bond acceptors (Lipinski definition) is 6. The Morgan fingerprint density at radius 2 is 1.92 bits per heavy atom. The van der Waals surface area contributed by atoms with Crippen molar-refractivity contribution in [3.63, 3.8) is 0 Å². The van der Waals surface area contributed by atoms with E-state index in [1.807, 2.05) is 0 Å². The summed E-state index contributed by atoms with van der Waals surface area (Å²) in [6.07, 6.45) is -4.20. The van der Waals surface area contributed by atoms with Gasteiger partial charge in [-0.05, 0) is 0 Å². The first-order chi connectivity index (χ1) is 6.08. The molecule has 0 aromatic carbocycles. The van der Waals surface area contributed by atoms with Crippen LogP contribution in [0.2, 0.25) is 0 Å². The summed E-state index contributed by atoms with van der Waals surface area (Å²) in [7, 11) is 1.18. The Balaban J connectivity index is 4.30. The minimum Gasteiger partial charge on any atom is -0.394 e. The number of Topliss-reactive ketones (excluding diaryl/α,β-unsaturated/α-hetero) is 1. The molecule has 0 unspecified atom stereocenters. The second kappa shape index (κ2) is 6.01. The fourth-order valence-corrected chi connectivity index (χ4v) is 0.877. The molecule has 0 aromatic heterocycles. The summed E-state index contributed by atoms with van der Waals surface area (Å²) >= 11 is 0. The van der Waals surface area contributed by atoms with Gasteiger partial charge in [0.05, 0.1) is 6.61 Å². The SMILES string of the molecule is CO[C@H]([C@H](O)CO)[C@H](O)C(=O)CO. The number of hydrogen-bond donors (Lipinski definition) is 4. The molecule has 0 aliphatic carbocycles. The molecule has 0 heterocycles. The zero-order valence-electron chi connectivity index (χ0n) is 7.25. The Hall–Kier alpha value is -0.530. The van der Waals surface area contributed by atoms with Crippen LogP contribution in [0.5, 0.6) is 0 Å². The molecule has 13 heavy (non-hydrogen) atoms. The highest BCUT2D eigenvalue weighted by Gasteiger charge is 2.30. The van der Waals surface area contributed by atoms with E-state index in [0.29, 0.717) is 0 Å². The highest BCUT2D eigenvalue weighted by molar-refractivity contribution is 5.84. The lowest BCUT2D eigenvalue weighted by Crippen LogP contribution is -2.46. The number of aliphatic hydroxyl groups is 4. The quantitative estimate of drug-likeness (QED) is 0.366. The predicted octanol–water partition coefficient (Wildman–Crippen LogP) is -2.72. The van der Waals surface area contributed by atoms with Gasteiger partial charge in [0, 0.05) is 7.11 Å². The molecule has 0 aliphatic heterocycles. The van der Waals surface area contributed by atoms with Gasteiger partial charge in [-0.15, -0.1) is 0 Å². The van der Waals surface area contributed by atoms with Crippen molar-refractivity contribution in [2.24, 2.45) is 0 Å². The highest BCUT2D eigenvalue weighted by Crippen LogP contribution is 2.05. The number of carbonyl (C=O) groups is 1. The number of methoxy groups -OCH3 is 1. The molecule has 6 nitrogen and oxygen atoms in total. The maximum atomic E-state index is 10.8. The van der Waals surface area contributed by atoms with Crippen molar-refractivity contribution in [2.45, 2.75) is 18.3 Å². The van der Waals surface area contributed by atoms with E-state index < -0.39 is 37.3 Å². The molecular weight excluding hydrogens is 180 g/mol. The Labute approximate surface area is 75.4 Å². The Morgan fingerprint density at radius 3 is 2.23 bits per heavy atom. The van der Waals surface area contributed by atoms with Crippen molar-refractivity contribution in [1.82, 2.24) is 0 Å². The molecule has 3 atom stereocenters. The lowest BCUT2D eigenvalue weighted by molar-refractivity contribution is -0.146. The van der Waals surface area contributed by atoms with Crippen molar-refractivity contribution in [3.8, 4) is 0 Å². The largest absolute Gasteiger partial charge is 0.394 e. The first-order valence-corrected chi connectivity index (χ1v) is 3.71. The monoisotopic (exact) mass is 194 g/mol. The van der Waals surface area contributed by atoms with Crippen LogP contribution >= 0.6 is 0 Å². The maximum absolute atomic E-state index is 10.8. The molecule has 0 bridgehead atoms. The van der Waals surface area contributed by atoms with Crippen LogP contribution in [-0.4, -0.2) is 64.8 Å². The van der Waals surface area contributed by atoms with E-state index in [1.54, 1.807) is 0 Å². The average Bonchev–Trinajstić information content (AvgIpc) is 2.17. The molecule has 0 saturated heterocycles. The fourth-order valence-electron chi connectivity index (χ4n) is 0.877. The van der Waals surface area contributed by atoms with Gasteiger partial charge in [-0.25, -0.2) is 0 Å². The third kappa shape index (κ3) is 3.37. The Bertz CT molecular complexity index is 159. The van der Waals surface area contributed by atoms with Crippen molar-refractivity contribution in [2.75, 3.05) is 20.3 Å². The summed E-state index contributed by atoms with van der Waals surface area (Å²) in [4.78, 5) is 10.8. The number of carbonyl (C=O) groups excluding carboxylic acids is 1. The fraction of sp³-hybridized carbons (Fsp3) is 0.857. The number of rotatable bonds is 6. The zero-order chi connectivity index (χ0) is 10.4. The van der Waals surface area contributed by atoms with Gasteiger partial charge >= 0.3 is 0 Å². The third-order valence-corrected chi connectivity index (χ3v) is 1.64. The first kappa shape index (κ1) is 12.5. The minimum absolute atomic E-state index is 0.631. The van der Waals surface area contributed by atoms with Crippen molar-refractivity contribution < 1.29 is 30.0 Å². The topological polar surface area (TPSA) is 107 Å². The van der Waals surface area contributed by atoms with E-state index in [2.05, 4.69) is 4.74 Å². The predicted molar refractivity (Wildman–Crippen MR) is 42.0 cm³/mol. The van der Waals surface area contributed by atoms with Crippen LogP contribution in [0.25, 0.3) is 0 Å². The van der Waals surface area contributed by atoms with E-state index in [9.17, 15) is 9.90 Å². The maximum Gasteiger partial charge on any atom is 0.189 e. The summed E-state index contributed by atoms with van der Waals surface area (Å²) < 4.78 is 4.60. The summed E-state index contributed by atoms with van der Waals surface area (Å²) in [5, 5.41) is 35.2. The smallest absolute Gasteiger partial charge is 0.189 e. The number of ketones is 1. The van der Waals surface area contributed by atoms with Gasteiger partial charge in [-0.3, -0.25) is 4.79 Å². The molecule has 0 aliphatic rings. The summed E-state index contributed by atoms with van der Waals surface area (Å²) in [6, 6.07) is 0. The van der Waals surface area contributed by atoms with Crippen LogP contribution in [0.4, 0.5) is 0 Å². The van der Waals surface area contributed by atoms with E-state index in [4.69, 9.17) is 15.3 Å². The zero-order valence-corrected chi connectivity index (χ0v) is 7.25. The lowest BCUT2D eigenvalue weighted by Gasteiger charge is -2.23. The van der Waals surface area contributed by atoms with E-state index in [0.717, 1.165) is 0 Å². The first-order valence-electron chi connectivity index (χ1n) is 3.71. The molecule has 0 saturated carbocycles. The molecule has 0 radical (unpaired) electrons. The average molecular weight is 194 g/mol. The molecular formula is C7H14O6. The van der Waals surface area contributed by atoms with Crippen LogP contribution in [-0.2, 0) is 9.53 Å². The van der Waals surface area contributed by atoms with Gasteiger partial charge in [-0.1, -0.05) is 0 Å². The van der Waals surface area contributed by atoms with Crippen molar-refractivity contribution >= 4 is 5.78 Å². The van der Waals surface area contributed by atoms with Crippen molar-refractivity contribution in [1.29, 1.82) is 0 Å². The van der Waals surface area contributed by atoms with Gasteiger partial charge in [0.2, 0.25) is 0 Å². The van der Waals surface area contributed by atoms with Crippen LogP contribution in [0.3, 0.4) is 0 Å². The van der Waals surface area contributed by atoms with E-state index in [-0.39, 0.29) is 0 Å². The Kier molecular flexibility index (Phi) is 5.76. The van der Waals surface area contributed by atoms with Crippen LogP contribution < -0.4 is 0 Å². The lowest BCUT2D eigenvalue weighted by atomic mass is 10.1. The molecule has 0 amide bonds. The van der Waals surface area contributed by atoms with E-state index >= 15 is 0 Å². The number of ether oxygens (including phenoxy) is 1. The van der Waals surface area contributed by atoms with Crippen LogP contribution in [0.1, 0.15) is 0 Å². The molecule has 0 fully saturated rings. The van der Waals surface area contributed by atoms with Crippen LogP contribution in [0, 0.1) is 0 Å². The summed E-state index contributed by atoms with van der Waals surface area (Å²) in [6.45, 7) is -1.46. The van der Waals surface area contributed by atoms with Gasteiger partial charge < -0.3 is 25.2 Å². The van der Waals surface area contributed by atoms with Crippen molar-refractivity contribution in [3.05, 3.63) is 0 Å². The highest BCUT2D eigenvalue weighted by atomic mass is 16.5. The minimum atomic E-state index is -1.63. The van der Waals surface area contributed by atoms with E-state index in [1.165, 1.54) is 7.11 Å². The Morgan fingerprint density at radius 1 is 1.38 bits per heavy atom. The van der Waals surface area contributed by atoms with Gasteiger partial charge in [0.1, 0.15) is 24.9 Å². The molecule has 4 N–H and O–H groups in total. The van der Waals surface area contributed by atoms with Gasteiger partial charge in [0.15, 0.2) is 5.78 Å². The second-order valence-corrected chi connectivity index (χ2v) is 2.52. The summed E-state index contributed by atoms with van der Waals surface area (Å²) in [5.41, 5.74) is 0. The summed E-state index contributed by atoms with van der Waals surface area (Å²) in [5.74, 6) is -0.862. The third-order valence-electron chi connectivity index (χ3n) is 1.64.